The number of aryl methyl sites for hydroxylation is 1. The molecule has 2 aromatic rings. The summed E-state index contributed by atoms with van der Waals surface area (Å²) in [6.45, 7) is 5.26. The lowest BCUT2D eigenvalue weighted by Gasteiger charge is -2.20. The molecule has 0 fully saturated rings. The smallest absolute Gasteiger partial charge is 0.191 e. The molecule has 1 unspecified atom stereocenters. The van der Waals surface area contributed by atoms with Crippen LogP contribution in [-0.4, -0.2) is 42.7 Å². The normalized spacial score (nSPS) is 14.3. The van der Waals surface area contributed by atoms with E-state index in [9.17, 15) is 5.11 Å². The maximum Gasteiger partial charge on any atom is 0.191 e. The minimum atomic E-state index is -1.15. The Balaban J connectivity index is 1.93. The molecule has 0 aliphatic carbocycles. The van der Waals surface area contributed by atoms with Gasteiger partial charge in [0.05, 0.1) is 12.8 Å². The van der Waals surface area contributed by atoms with Crippen LogP contribution in [0.1, 0.15) is 24.2 Å². The van der Waals surface area contributed by atoms with E-state index in [4.69, 9.17) is 8.83 Å². The third kappa shape index (κ3) is 6.51. The van der Waals surface area contributed by atoms with Crippen molar-refractivity contribution in [3.63, 3.8) is 0 Å². The van der Waals surface area contributed by atoms with Gasteiger partial charge in [0, 0.05) is 25.3 Å². The number of aliphatic hydroxyl groups is 1. The molecular weight excluding hydrogens is 338 g/mol. The third-order valence-electron chi connectivity index (χ3n) is 3.66. The Kier molecular flexibility index (Phi) is 7.46. The van der Waals surface area contributed by atoms with E-state index >= 15 is 0 Å². The number of furan rings is 2. The number of thioether (sulfide) groups is 1. The third-order valence-corrected chi connectivity index (χ3v) is 4.27. The first-order valence-corrected chi connectivity index (χ1v) is 9.73. The molecule has 0 radical (unpaired) electrons. The second-order valence-corrected chi connectivity index (χ2v) is 7.01. The molecule has 0 bridgehead atoms. The highest BCUT2D eigenvalue weighted by molar-refractivity contribution is 7.98. The molecule has 0 aromatic carbocycles. The second kappa shape index (κ2) is 9.58. The van der Waals surface area contributed by atoms with E-state index in [0.29, 0.717) is 18.3 Å². The van der Waals surface area contributed by atoms with Crippen LogP contribution in [0, 0.1) is 6.92 Å². The van der Waals surface area contributed by atoms with Crippen molar-refractivity contribution in [2.45, 2.75) is 25.9 Å². The van der Waals surface area contributed by atoms with Crippen molar-refractivity contribution in [1.29, 1.82) is 0 Å². The zero-order chi connectivity index (χ0) is 18.1. The van der Waals surface area contributed by atoms with E-state index in [1.165, 1.54) is 0 Å². The van der Waals surface area contributed by atoms with Gasteiger partial charge in [-0.05, 0) is 44.4 Å². The first kappa shape index (κ1) is 19.5. The Bertz CT molecular complexity index is 650. The van der Waals surface area contributed by atoms with Gasteiger partial charge < -0.3 is 24.6 Å². The van der Waals surface area contributed by atoms with Crippen molar-refractivity contribution in [3.05, 3.63) is 47.8 Å². The molecule has 0 aliphatic rings. The maximum atomic E-state index is 10.6. The molecule has 0 saturated heterocycles. The molecule has 6 nitrogen and oxygen atoms in total. The Morgan fingerprint density at radius 1 is 1.28 bits per heavy atom. The number of guanidine groups is 1. The van der Waals surface area contributed by atoms with Crippen LogP contribution in [0.25, 0.3) is 0 Å². The summed E-state index contributed by atoms with van der Waals surface area (Å²) in [6.07, 6.45) is 4.50. The first-order chi connectivity index (χ1) is 12.0. The topological polar surface area (TPSA) is 82.9 Å². The van der Waals surface area contributed by atoms with Gasteiger partial charge in [-0.1, -0.05) is 0 Å². The highest BCUT2D eigenvalue weighted by Gasteiger charge is 2.26. The van der Waals surface area contributed by atoms with Crippen molar-refractivity contribution >= 4 is 17.7 Å². The van der Waals surface area contributed by atoms with Crippen LogP contribution in [0.4, 0.5) is 0 Å². The van der Waals surface area contributed by atoms with Crippen molar-refractivity contribution < 1.29 is 13.9 Å². The van der Waals surface area contributed by atoms with E-state index < -0.39 is 5.60 Å². The van der Waals surface area contributed by atoms with Gasteiger partial charge in [0.15, 0.2) is 5.96 Å². The molecule has 3 N–H and O–H groups in total. The second-order valence-electron chi connectivity index (χ2n) is 6.02. The standard InChI is InChI=1S/C18H27N3O3S/c1-14-6-7-16(24-14)18(2,22)13-21-17(20-10-12-25-3)19-9-8-15-5-4-11-23-15/h4-7,11,22H,8-10,12-13H2,1-3H3,(H2,19,20,21). The zero-order valence-electron chi connectivity index (χ0n) is 15.0. The van der Waals surface area contributed by atoms with Gasteiger partial charge in [-0.2, -0.15) is 11.8 Å². The zero-order valence-corrected chi connectivity index (χ0v) is 15.9. The summed E-state index contributed by atoms with van der Waals surface area (Å²) in [7, 11) is 0. The maximum absolute atomic E-state index is 10.6. The molecule has 138 valence electrons. The molecule has 2 aromatic heterocycles. The van der Waals surface area contributed by atoms with Gasteiger partial charge in [0.25, 0.3) is 0 Å². The van der Waals surface area contributed by atoms with Gasteiger partial charge in [0.1, 0.15) is 22.9 Å². The largest absolute Gasteiger partial charge is 0.469 e. The lowest BCUT2D eigenvalue weighted by atomic mass is 10.0. The van der Waals surface area contributed by atoms with E-state index in [0.717, 1.165) is 30.2 Å². The van der Waals surface area contributed by atoms with Crippen molar-refractivity contribution in [2.24, 2.45) is 4.99 Å². The van der Waals surface area contributed by atoms with E-state index in [2.05, 4.69) is 21.9 Å². The summed E-state index contributed by atoms with van der Waals surface area (Å²) < 4.78 is 10.9. The van der Waals surface area contributed by atoms with E-state index in [1.54, 1.807) is 31.0 Å². The fraction of sp³-hybridized carbons (Fsp3) is 0.500. The van der Waals surface area contributed by atoms with Crippen LogP contribution in [-0.2, 0) is 12.0 Å². The minimum absolute atomic E-state index is 0.204. The number of aliphatic imine (C=N–C) groups is 1. The molecule has 0 saturated carbocycles. The van der Waals surface area contributed by atoms with Crippen LogP contribution in [0.2, 0.25) is 0 Å². The molecule has 7 heteroatoms. The molecule has 0 amide bonds. The predicted octanol–water partition coefficient (Wildman–Crippen LogP) is 2.53. The quantitative estimate of drug-likeness (QED) is 0.360. The fourth-order valence-corrected chi connectivity index (χ4v) is 2.55. The van der Waals surface area contributed by atoms with Crippen molar-refractivity contribution in [1.82, 2.24) is 10.6 Å². The lowest BCUT2D eigenvalue weighted by Crippen LogP contribution is -2.40. The van der Waals surface area contributed by atoms with Crippen molar-refractivity contribution in [3.8, 4) is 0 Å². The highest BCUT2D eigenvalue weighted by Crippen LogP contribution is 2.23. The molecule has 25 heavy (non-hydrogen) atoms. The summed E-state index contributed by atoms with van der Waals surface area (Å²) in [5.41, 5.74) is -1.15. The molecule has 0 aliphatic heterocycles. The predicted molar refractivity (Wildman–Crippen MR) is 102 cm³/mol. The van der Waals surface area contributed by atoms with Crippen LogP contribution in [0.15, 0.2) is 44.4 Å². The van der Waals surface area contributed by atoms with Crippen LogP contribution in [0.3, 0.4) is 0 Å². The van der Waals surface area contributed by atoms with Crippen molar-refractivity contribution in [2.75, 3.05) is 31.6 Å². The number of rotatable bonds is 9. The van der Waals surface area contributed by atoms with Gasteiger partial charge >= 0.3 is 0 Å². The van der Waals surface area contributed by atoms with E-state index in [-0.39, 0.29) is 6.54 Å². The van der Waals surface area contributed by atoms with Gasteiger partial charge in [-0.15, -0.1) is 0 Å². The van der Waals surface area contributed by atoms with Gasteiger partial charge in [-0.3, -0.25) is 0 Å². The number of nitrogens with zero attached hydrogens (tertiary/aromatic N) is 1. The molecule has 2 heterocycles. The highest BCUT2D eigenvalue weighted by atomic mass is 32.2. The Hall–Kier alpha value is -1.86. The van der Waals surface area contributed by atoms with E-state index in [1.807, 2.05) is 25.1 Å². The molecule has 0 spiro atoms. The van der Waals surface area contributed by atoms with Crippen LogP contribution >= 0.6 is 11.8 Å². The number of nitrogens with one attached hydrogen (secondary N) is 2. The molecular formula is C18H27N3O3S. The Morgan fingerprint density at radius 2 is 2.08 bits per heavy atom. The Morgan fingerprint density at radius 3 is 2.72 bits per heavy atom. The monoisotopic (exact) mass is 365 g/mol. The van der Waals surface area contributed by atoms with Gasteiger partial charge in [-0.25, -0.2) is 4.99 Å². The summed E-state index contributed by atoms with van der Waals surface area (Å²) in [4.78, 5) is 4.52. The number of hydrogen-bond donors (Lipinski definition) is 3. The molecule has 1 atom stereocenters. The summed E-state index contributed by atoms with van der Waals surface area (Å²) in [5, 5.41) is 17.2. The van der Waals surface area contributed by atoms with Crippen LogP contribution < -0.4 is 10.6 Å². The van der Waals surface area contributed by atoms with Crippen LogP contribution in [0.5, 0.6) is 0 Å². The summed E-state index contributed by atoms with van der Waals surface area (Å²) in [5.74, 6) is 3.87. The summed E-state index contributed by atoms with van der Waals surface area (Å²) >= 11 is 1.76. The SMILES string of the molecule is CSCCNC(=NCC(C)(O)c1ccc(C)o1)NCCc1ccco1. The van der Waals surface area contributed by atoms with Gasteiger partial charge in [0.2, 0.25) is 0 Å². The Labute approximate surface area is 153 Å². The lowest BCUT2D eigenvalue weighted by molar-refractivity contribution is 0.0428. The fourth-order valence-electron chi connectivity index (χ4n) is 2.24. The minimum Gasteiger partial charge on any atom is -0.469 e. The average molecular weight is 365 g/mol. The average Bonchev–Trinajstić information content (AvgIpc) is 3.24. The number of hydrogen-bond acceptors (Lipinski definition) is 5. The first-order valence-electron chi connectivity index (χ1n) is 8.34. The summed E-state index contributed by atoms with van der Waals surface area (Å²) in [6, 6.07) is 7.45. The molecule has 2 rings (SSSR count).